The van der Waals surface area contributed by atoms with Crippen molar-refractivity contribution in [2.75, 3.05) is 13.8 Å². The molecule has 2 aromatic rings. The Morgan fingerprint density at radius 1 is 0.850 bits per heavy atom. The third-order valence-electron chi connectivity index (χ3n) is 2.39. The summed E-state index contributed by atoms with van der Waals surface area (Å²) in [5.41, 5.74) is 7.78. The first-order valence-electron chi connectivity index (χ1n) is 6.60. The van der Waals surface area contributed by atoms with Crippen LogP contribution in [0.5, 0.6) is 0 Å². The Kier molecular flexibility index (Phi) is 12.5. The monoisotopic (exact) mass is 277 g/mol. The van der Waals surface area contributed by atoms with Gasteiger partial charge in [-0.3, -0.25) is 4.39 Å². The number of ether oxygens (including phenoxy) is 1. The number of hydrogen-bond donors (Lipinski definition) is 1. The molecule has 0 aromatic heterocycles. The molecule has 2 rings (SSSR count). The normalized spacial score (nSPS) is 8.80. The summed E-state index contributed by atoms with van der Waals surface area (Å²) in [4.78, 5) is 0. The third kappa shape index (κ3) is 9.25. The van der Waals surface area contributed by atoms with E-state index in [9.17, 15) is 4.39 Å². The second kappa shape index (κ2) is 13.7. The van der Waals surface area contributed by atoms with Gasteiger partial charge in [0.05, 0.1) is 13.8 Å². The maximum absolute atomic E-state index is 9.50. The molecular weight excluding hydrogens is 253 g/mol. The molecule has 0 saturated heterocycles. The van der Waals surface area contributed by atoms with Gasteiger partial charge in [0.2, 0.25) is 0 Å². The van der Waals surface area contributed by atoms with Crippen LogP contribution in [0, 0.1) is 0 Å². The van der Waals surface area contributed by atoms with Crippen LogP contribution in [-0.4, -0.2) is 13.8 Å². The van der Waals surface area contributed by atoms with Gasteiger partial charge in [0.25, 0.3) is 0 Å². The third-order valence-corrected chi connectivity index (χ3v) is 2.39. The summed E-state index contributed by atoms with van der Waals surface area (Å²) >= 11 is 0. The minimum absolute atomic E-state index is 0.500. The molecule has 2 N–H and O–H groups in total. The van der Waals surface area contributed by atoms with Crippen LogP contribution in [0.2, 0.25) is 0 Å². The molecule has 0 bridgehead atoms. The van der Waals surface area contributed by atoms with Crippen molar-refractivity contribution in [1.82, 2.24) is 0 Å². The van der Waals surface area contributed by atoms with Crippen LogP contribution < -0.4 is 5.73 Å². The molecule has 0 unspecified atom stereocenters. The summed E-state index contributed by atoms with van der Waals surface area (Å²) < 4.78 is 14.7. The van der Waals surface area contributed by atoms with Crippen molar-refractivity contribution in [1.29, 1.82) is 0 Å². The van der Waals surface area contributed by atoms with Gasteiger partial charge >= 0.3 is 0 Å². The molecular formula is C17H24FNO. The van der Waals surface area contributed by atoms with Gasteiger partial charge in [-0.1, -0.05) is 60.7 Å². The molecule has 0 amide bonds. The molecule has 0 spiro atoms. The van der Waals surface area contributed by atoms with Gasteiger partial charge in [0.15, 0.2) is 0 Å². The summed E-state index contributed by atoms with van der Waals surface area (Å²) in [6.07, 6.45) is 0. The summed E-state index contributed by atoms with van der Waals surface area (Å²) in [6.45, 7) is 4.16. The van der Waals surface area contributed by atoms with Gasteiger partial charge in [-0.05, 0) is 18.1 Å². The number of nitrogens with two attached hydrogens (primary N) is 1. The maximum Gasteiger partial charge on any atom is 0.0785 e. The average molecular weight is 277 g/mol. The van der Waals surface area contributed by atoms with Crippen LogP contribution in [0.1, 0.15) is 18.1 Å². The Bertz CT molecular complexity index is 406. The van der Waals surface area contributed by atoms with Gasteiger partial charge in [-0.25, -0.2) is 0 Å². The zero-order chi connectivity index (χ0) is 15.1. The second-order valence-electron chi connectivity index (χ2n) is 3.81. The lowest BCUT2D eigenvalue weighted by Gasteiger charge is -1.98. The molecule has 20 heavy (non-hydrogen) atoms. The van der Waals surface area contributed by atoms with Crippen molar-refractivity contribution in [2.45, 2.75) is 20.1 Å². The average Bonchev–Trinajstić information content (AvgIpc) is 2.57. The van der Waals surface area contributed by atoms with E-state index < -0.39 is 0 Å². The molecule has 0 atom stereocenters. The van der Waals surface area contributed by atoms with E-state index in [1.807, 2.05) is 55.5 Å². The highest BCUT2D eigenvalue weighted by Crippen LogP contribution is 1.99. The molecule has 0 fully saturated rings. The zero-order valence-electron chi connectivity index (χ0n) is 12.3. The van der Waals surface area contributed by atoms with Crippen molar-refractivity contribution in [3.8, 4) is 0 Å². The fourth-order valence-corrected chi connectivity index (χ4v) is 1.41. The summed E-state index contributed by atoms with van der Waals surface area (Å²) in [5.74, 6) is 0. The van der Waals surface area contributed by atoms with E-state index in [0.29, 0.717) is 13.7 Å². The number of halogens is 1. The Morgan fingerprint density at radius 3 is 1.65 bits per heavy atom. The molecule has 0 heterocycles. The van der Waals surface area contributed by atoms with Crippen LogP contribution >= 0.6 is 0 Å². The first kappa shape index (κ1) is 18.3. The zero-order valence-corrected chi connectivity index (χ0v) is 12.3. The topological polar surface area (TPSA) is 35.2 Å². The van der Waals surface area contributed by atoms with Gasteiger partial charge in [-0.2, -0.15) is 0 Å². The Morgan fingerprint density at radius 2 is 1.30 bits per heavy atom. The van der Waals surface area contributed by atoms with E-state index in [4.69, 9.17) is 10.5 Å². The van der Waals surface area contributed by atoms with Crippen molar-refractivity contribution < 1.29 is 9.13 Å². The van der Waals surface area contributed by atoms with E-state index in [-0.39, 0.29) is 0 Å². The van der Waals surface area contributed by atoms with E-state index >= 15 is 0 Å². The molecule has 2 aromatic carbocycles. The second-order valence-corrected chi connectivity index (χ2v) is 3.81. The lowest BCUT2D eigenvalue weighted by atomic mass is 10.2. The van der Waals surface area contributed by atoms with Crippen molar-refractivity contribution >= 4 is 0 Å². The summed E-state index contributed by atoms with van der Waals surface area (Å²) in [7, 11) is 0.500. The molecule has 2 nitrogen and oxygen atoms in total. The van der Waals surface area contributed by atoms with E-state index in [1.165, 1.54) is 11.1 Å². The molecule has 3 heteroatoms. The quantitative estimate of drug-likeness (QED) is 0.918. The standard InChI is InChI=1S/C9H12O.C7H9N.CH3F/c1-2-10-8-9-6-4-3-5-7-9;8-6-7-4-2-1-3-5-7;1-2/h3-7H,2,8H2,1H3;1-5H,6,8H2;1H3. The molecule has 0 saturated carbocycles. The van der Waals surface area contributed by atoms with Crippen LogP contribution in [0.15, 0.2) is 60.7 Å². The van der Waals surface area contributed by atoms with E-state index in [0.717, 1.165) is 13.2 Å². The highest BCUT2D eigenvalue weighted by Gasteiger charge is 1.86. The summed E-state index contributed by atoms with van der Waals surface area (Å²) in [5, 5.41) is 0. The lowest BCUT2D eigenvalue weighted by Crippen LogP contribution is -1.94. The number of benzene rings is 2. The Hall–Kier alpha value is -1.71. The smallest absolute Gasteiger partial charge is 0.0785 e. The first-order valence-corrected chi connectivity index (χ1v) is 6.60. The number of hydrogen-bond acceptors (Lipinski definition) is 2. The highest BCUT2D eigenvalue weighted by molar-refractivity contribution is 5.14. The van der Waals surface area contributed by atoms with Crippen LogP contribution in [-0.2, 0) is 17.9 Å². The van der Waals surface area contributed by atoms with Gasteiger partial charge in [0.1, 0.15) is 0 Å². The molecule has 0 radical (unpaired) electrons. The maximum atomic E-state index is 9.50. The number of rotatable bonds is 4. The van der Waals surface area contributed by atoms with Gasteiger partial charge in [0, 0.05) is 13.2 Å². The predicted molar refractivity (Wildman–Crippen MR) is 83.1 cm³/mol. The first-order chi connectivity index (χ1) is 9.86. The molecule has 110 valence electrons. The lowest BCUT2D eigenvalue weighted by molar-refractivity contribution is 0.134. The fraction of sp³-hybridized carbons (Fsp3) is 0.294. The van der Waals surface area contributed by atoms with Crippen molar-refractivity contribution in [2.24, 2.45) is 5.73 Å². The minimum atomic E-state index is 0.500. The summed E-state index contributed by atoms with van der Waals surface area (Å²) in [6, 6.07) is 20.2. The van der Waals surface area contributed by atoms with Crippen LogP contribution in [0.4, 0.5) is 4.39 Å². The molecule has 0 aliphatic rings. The predicted octanol–water partition coefficient (Wildman–Crippen LogP) is 3.95. The SMILES string of the molecule is CCOCc1ccccc1.CF.NCc1ccccc1. The fourth-order valence-electron chi connectivity index (χ4n) is 1.41. The number of alkyl halides is 1. The molecule has 0 aliphatic carbocycles. The van der Waals surface area contributed by atoms with Crippen molar-refractivity contribution in [3.05, 3.63) is 71.8 Å². The molecule has 0 aliphatic heterocycles. The van der Waals surface area contributed by atoms with Crippen LogP contribution in [0.25, 0.3) is 0 Å². The van der Waals surface area contributed by atoms with E-state index in [1.54, 1.807) is 0 Å². The highest BCUT2D eigenvalue weighted by atomic mass is 19.1. The van der Waals surface area contributed by atoms with Crippen LogP contribution in [0.3, 0.4) is 0 Å². The van der Waals surface area contributed by atoms with Gasteiger partial charge in [-0.15, -0.1) is 0 Å². The van der Waals surface area contributed by atoms with Crippen molar-refractivity contribution in [3.63, 3.8) is 0 Å². The largest absolute Gasteiger partial charge is 0.377 e. The Balaban J connectivity index is 0.000000327. The minimum Gasteiger partial charge on any atom is -0.377 e. The van der Waals surface area contributed by atoms with Gasteiger partial charge < -0.3 is 10.5 Å². The Labute approximate surface area is 121 Å². The van der Waals surface area contributed by atoms with E-state index in [2.05, 4.69) is 12.1 Å².